The molecule has 15 nitrogen and oxygen atoms in total. The van der Waals surface area contributed by atoms with Crippen LogP contribution in [0.2, 0.25) is 0 Å². The van der Waals surface area contributed by atoms with Crippen molar-refractivity contribution in [2.45, 2.75) is 63.6 Å². The highest BCUT2D eigenvalue weighted by molar-refractivity contribution is 6.01. The molecule has 2 aromatic carbocycles. The van der Waals surface area contributed by atoms with Crippen LogP contribution in [0.15, 0.2) is 82.8 Å². The van der Waals surface area contributed by atoms with Crippen LogP contribution < -0.4 is 11.9 Å². The lowest BCUT2D eigenvalue weighted by molar-refractivity contribution is 0.0595. The number of esters is 1. The average molecular weight is 731 g/mol. The SMILES string of the molecule is COC(=O)c1cc2c(N=C3CCC(O)CC3)nc(-c3ccccc3)nc2[nH]1.N.NC(=O)c1cc2c(N=C3CCC(O)CC3)nc(-c3ccccc3)nc2[nH]1. The number of nitrogens with one attached hydrogen (secondary N) is 2. The number of carbonyl (C=O) groups excluding carboxylic acids is 2. The summed E-state index contributed by atoms with van der Waals surface area (Å²) >= 11 is 0. The second-order valence-corrected chi connectivity index (χ2v) is 13.0. The molecule has 0 aliphatic heterocycles. The molecule has 9 N–H and O–H groups in total. The fourth-order valence-electron chi connectivity index (χ4n) is 6.34. The van der Waals surface area contributed by atoms with Crippen LogP contribution in [0.3, 0.4) is 0 Å². The second-order valence-electron chi connectivity index (χ2n) is 13.0. The van der Waals surface area contributed by atoms with Crippen molar-refractivity contribution in [3.05, 3.63) is 84.2 Å². The van der Waals surface area contributed by atoms with E-state index in [9.17, 15) is 19.8 Å². The number of primary amides is 1. The molecule has 0 unspecified atom stereocenters. The molecule has 0 radical (unpaired) electrons. The van der Waals surface area contributed by atoms with Gasteiger partial charge in [0.15, 0.2) is 23.3 Å². The summed E-state index contributed by atoms with van der Waals surface area (Å²) in [6.45, 7) is 0. The Hall–Kier alpha value is -6.16. The van der Waals surface area contributed by atoms with E-state index in [4.69, 9.17) is 20.5 Å². The average Bonchev–Trinajstić information content (AvgIpc) is 3.83. The molecular weight excluding hydrogens is 688 g/mol. The normalized spacial score (nSPS) is 16.9. The maximum Gasteiger partial charge on any atom is 0.354 e. The highest BCUT2D eigenvalue weighted by Gasteiger charge is 2.20. The topological polar surface area (TPSA) is 253 Å². The summed E-state index contributed by atoms with van der Waals surface area (Å²) in [5.41, 5.74) is 10.8. The lowest BCUT2D eigenvalue weighted by Crippen LogP contribution is -2.17. The Morgan fingerprint density at radius 2 is 1.09 bits per heavy atom. The Morgan fingerprint density at radius 3 is 1.50 bits per heavy atom. The van der Waals surface area contributed by atoms with Crippen LogP contribution in [0.4, 0.5) is 11.6 Å². The number of H-pyrrole nitrogens is 2. The van der Waals surface area contributed by atoms with Crippen molar-refractivity contribution < 1.29 is 24.5 Å². The molecule has 0 atom stereocenters. The summed E-state index contributed by atoms with van der Waals surface area (Å²) < 4.78 is 4.80. The second kappa shape index (κ2) is 16.7. The Balaban J connectivity index is 0.000000181. The molecule has 2 saturated carbocycles. The third-order valence-electron chi connectivity index (χ3n) is 9.26. The van der Waals surface area contributed by atoms with Gasteiger partial charge >= 0.3 is 5.97 Å². The number of methoxy groups -OCH3 is 1. The third kappa shape index (κ3) is 8.55. The fourth-order valence-corrected chi connectivity index (χ4v) is 6.34. The van der Waals surface area contributed by atoms with E-state index < -0.39 is 11.9 Å². The summed E-state index contributed by atoms with van der Waals surface area (Å²) in [5, 5.41) is 20.7. The Morgan fingerprint density at radius 1 is 0.685 bits per heavy atom. The van der Waals surface area contributed by atoms with E-state index in [0.29, 0.717) is 76.7 Å². The van der Waals surface area contributed by atoms with Crippen molar-refractivity contribution in [2.75, 3.05) is 7.11 Å². The molecule has 2 fully saturated rings. The molecule has 54 heavy (non-hydrogen) atoms. The van der Waals surface area contributed by atoms with Crippen LogP contribution in [-0.4, -0.2) is 82.7 Å². The van der Waals surface area contributed by atoms with Gasteiger partial charge in [-0.25, -0.2) is 34.7 Å². The van der Waals surface area contributed by atoms with Crippen LogP contribution in [0, 0.1) is 0 Å². The Labute approximate surface area is 310 Å². The summed E-state index contributed by atoms with van der Waals surface area (Å²) in [7, 11) is 1.34. The number of carbonyl (C=O) groups is 2. The van der Waals surface area contributed by atoms with Crippen molar-refractivity contribution in [3.63, 3.8) is 0 Å². The van der Waals surface area contributed by atoms with Crippen molar-refractivity contribution in [1.82, 2.24) is 36.1 Å². The van der Waals surface area contributed by atoms with Gasteiger partial charge in [0.05, 0.1) is 30.1 Å². The van der Waals surface area contributed by atoms with Gasteiger partial charge in [0.25, 0.3) is 5.91 Å². The molecule has 1 amide bonds. The zero-order chi connectivity index (χ0) is 36.9. The first-order valence-electron chi connectivity index (χ1n) is 17.5. The standard InChI is InChI=1S/C20H20N4O3.C19H19N5O2.H3N/c1-27-20(26)16-11-15-18(21-13-7-9-14(25)10-8-13)23-17(24-19(15)22-16)12-5-3-2-4-6-12;20-16(26)15-10-14-18(21-12-6-8-13(25)9-7-12)23-17(24-19(14)22-15)11-4-2-1-3-5-11;/h2-6,11,14,25H,7-10H2,1H3,(H,22,23,24);1-5,10,13,25H,6-9H2,(H2,20,26)(H,22,23,24);1H3. The molecule has 0 bridgehead atoms. The van der Waals surface area contributed by atoms with Crippen LogP contribution in [-0.2, 0) is 4.74 Å². The van der Waals surface area contributed by atoms with Gasteiger partial charge in [-0.05, 0) is 63.5 Å². The number of aromatic amines is 2. The molecule has 6 aromatic rings. The number of nitrogens with zero attached hydrogens (tertiary/aromatic N) is 6. The first-order chi connectivity index (χ1) is 25.7. The largest absolute Gasteiger partial charge is 0.464 e. The van der Waals surface area contributed by atoms with E-state index in [0.717, 1.165) is 48.2 Å². The van der Waals surface area contributed by atoms with E-state index in [1.54, 1.807) is 12.1 Å². The van der Waals surface area contributed by atoms with Gasteiger partial charge in [-0.3, -0.25) is 4.79 Å². The minimum atomic E-state index is -0.552. The zero-order valence-corrected chi connectivity index (χ0v) is 29.8. The number of hydrogen-bond acceptors (Lipinski definition) is 12. The number of aliphatic imine (C=N–C) groups is 2. The Kier molecular flexibility index (Phi) is 11.6. The lowest BCUT2D eigenvalue weighted by atomic mass is 9.96. The summed E-state index contributed by atoms with van der Waals surface area (Å²) in [4.78, 5) is 57.3. The monoisotopic (exact) mass is 730 g/mol. The lowest BCUT2D eigenvalue weighted by Gasteiger charge is -2.18. The quantitative estimate of drug-likeness (QED) is 0.104. The van der Waals surface area contributed by atoms with E-state index in [-0.39, 0.29) is 24.1 Å². The van der Waals surface area contributed by atoms with E-state index in [1.165, 1.54) is 7.11 Å². The highest BCUT2D eigenvalue weighted by Crippen LogP contribution is 2.31. The molecule has 4 aromatic heterocycles. The number of fused-ring (bicyclic) bond motifs is 2. The van der Waals surface area contributed by atoms with Crippen molar-refractivity contribution in [2.24, 2.45) is 15.7 Å². The summed E-state index contributed by atoms with van der Waals surface area (Å²) in [5.74, 6) is 1.10. The molecule has 0 saturated heterocycles. The maximum atomic E-state index is 11.9. The third-order valence-corrected chi connectivity index (χ3v) is 9.26. The molecule has 4 heterocycles. The Bertz CT molecular complexity index is 2320. The van der Waals surface area contributed by atoms with Gasteiger partial charge < -0.3 is 36.8 Å². The van der Waals surface area contributed by atoms with Crippen LogP contribution in [0.5, 0.6) is 0 Å². The van der Waals surface area contributed by atoms with Gasteiger partial charge in [-0.15, -0.1) is 0 Å². The van der Waals surface area contributed by atoms with Crippen LogP contribution >= 0.6 is 0 Å². The smallest absolute Gasteiger partial charge is 0.354 e. The predicted molar refractivity (Wildman–Crippen MR) is 207 cm³/mol. The molecule has 278 valence electrons. The fraction of sp³-hybridized carbons (Fsp3) is 0.282. The van der Waals surface area contributed by atoms with Gasteiger partial charge in [0.1, 0.15) is 22.7 Å². The van der Waals surface area contributed by atoms with Crippen LogP contribution in [0.1, 0.15) is 72.3 Å². The molecule has 15 heteroatoms. The van der Waals surface area contributed by atoms with Crippen molar-refractivity contribution in [1.29, 1.82) is 0 Å². The number of aliphatic hydroxyl groups excluding tert-OH is 2. The number of aliphatic hydroxyl groups is 2. The van der Waals surface area contributed by atoms with Gasteiger partial charge in [0.2, 0.25) is 0 Å². The zero-order valence-electron chi connectivity index (χ0n) is 29.8. The van der Waals surface area contributed by atoms with E-state index >= 15 is 0 Å². The van der Waals surface area contributed by atoms with Crippen molar-refractivity contribution >= 4 is 57.0 Å². The number of benzene rings is 2. The van der Waals surface area contributed by atoms with Gasteiger partial charge in [0, 0.05) is 22.6 Å². The van der Waals surface area contributed by atoms with Crippen molar-refractivity contribution in [3.8, 4) is 22.8 Å². The first-order valence-corrected chi connectivity index (χ1v) is 17.5. The first kappa shape index (κ1) is 37.6. The predicted octanol–water partition coefficient (Wildman–Crippen LogP) is 6.31. The molecule has 2 aliphatic rings. The van der Waals surface area contributed by atoms with E-state index in [1.807, 2.05) is 60.7 Å². The molecular formula is C39H42N10O5. The minimum absolute atomic E-state index is 0. The van der Waals surface area contributed by atoms with Gasteiger partial charge in [-0.1, -0.05) is 60.7 Å². The van der Waals surface area contributed by atoms with Gasteiger partial charge in [-0.2, -0.15) is 0 Å². The number of ether oxygens (including phenoxy) is 1. The summed E-state index contributed by atoms with van der Waals surface area (Å²) in [6, 6.07) is 22.6. The number of nitrogens with two attached hydrogens (primary N) is 1. The molecule has 2 aliphatic carbocycles. The van der Waals surface area contributed by atoms with E-state index in [2.05, 4.69) is 29.9 Å². The number of hydrogen-bond donors (Lipinski definition) is 6. The number of amides is 1. The van der Waals surface area contributed by atoms with Crippen LogP contribution in [0.25, 0.3) is 44.8 Å². The summed E-state index contributed by atoms with van der Waals surface area (Å²) in [6.07, 6.45) is 5.26. The number of rotatable bonds is 6. The highest BCUT2D eigenvalue weighted by atomic mass is 16.5. The minimum Gasteiger partial charge on any atom is -0.464 e. The molecule has 8 rings (SSSR count). The maximum absolute atomic E-state index is 11.9. The molecule has 0 spiro atoms. The number of aromatic nitrogens is 6.